The van der Waals surface area contributed by atoms with Crippen molar-refractivity contribution in [1.82, 2.24) is 14.9 Å². The molecule has 142 valence electrons. The first kappa shape index (κ1) is 20.4. The topological polar surface area (TPSA) is 92.1 Å². The lowest BCUT2D eigenvalue weighted by Gasteiger charge is -2.42. The van der Waals surface area contributed by atoms with E-state index in [0.29, 0.717) is 42.5 Å². The normalized spacial score (nSPS) is 19.2. The molecule has 0 bridgehead atoms. The van der Waals surface area contributed by atoms with Gasteiger partial charge in [0.2, 0.25) is 5.91 Å². The molecule has 3 N–H and O–H groups in total. The first-order chi connectivity index (χ1) is 11.9. The average molecular weight is 379 g/mol. The number of aromatic amines is 1. The van der Waals surface area contributed by atoms with Gasteiger partial charge in [0.05, 0.1) is 10.9 Å². The molecule has 1 fully saturated rings. The number of nitrogens with zero attached hydrogens (tertiary/aromatic N) is 2. The van der Waals surface area contributed by atoms with Crippen molar-refractivity contribution in [3.8, 4) is 0 Å². The molecule has 0 aliphatic carbocycles. The number of carbonyl (C=O) groups is 1. The SMILES string of the molecule is CC1(C)CN(C(=O)CCCc2nc3ccccc3c(=O)[nH]2)CCC1N.Cl. The lowest BCUT2D eigenvalue weighted by atomic mass is 9.79. The predicted molar refractivity (Wildman–Crippen MR) is 106 cm³/mol. The van der Waals surface area contributed by atoms with Crippen LogP contribution in [0.2, 0.25) is 0 Å². The van der Waals surface area contributed by atoms with Crippen LogP contribution in [0.15, 0.2) is 29.1 Å². The number of nitrogens with two attached hydrogens (primary N) is 1. The lowest BCUT2D eigenvalue weighted by molar-refractivity contribution is -0.134. The van der Waals surface area contributed by atoms with Crippen LogP contribution in [-0.2, 0) is 11.2 Å². The molecule has 0 radical (unpaired) electrons. The Kier molecular flexibility index (Phi) is 6.42. The highest BCUT2D eigenvalue weighted by Crippen LogP contribution is 2.28. The molecule has 1 aromatic heterocycles. The van der Waals surface area contributed by atoms with Gasteiger partial charge in [-0.1, -0.05) is 26.0 Å². The number of para-hydroxylation sites is 1. The summed E-state index contributed by atoms with van der Waals surface area (Å²) in [6, 6.07) is 7.42. The number of nitrogens with one attached hydrogen (secondary N) is 1. The first-order valence-corrected chi connectivity index (χ1v) is 8.88. The Morgan fingerprint density at radius 2 is 2.12 bits per heavy atom. The van der Waals surface area contributed by atoms with Crippen LogP contribution in [0.3, 0.4) is 0 Å². The van der Waals surface area contributed by atoms with Gasteiger partial charge in [-0.05, 0) is 30.4 Å². The molecule has 1 aromatic carbocycles. The number of piperidine rings is 1. The zero-order chi connectivity index (χ0) is 18.0. The fraction of sp³-hybridized carbons (Fsp3) is 0.526. The van der Waals surface area contributed by atoms with Gasteiger partial charge in [-0.2, -0.15) is 0 Å². The summed E-state index contributed by atoms with van der Waals surface area (Å²) in [5, 5.41) is 0.592. The number of benzene rings is 1. The third-order valence-electron chi connectivity index (χ3n) is 5.13. The summed E-state index contributed by atoms with van der Waals surface area (Å²) in [4.78, 5) is 33.7. The smallest absolute Gasteiger partial charge is 0.258 e. The van der Waals surface area contributed by atoms with E-state index in [-0.39, 0.29) is 35.3 Å². The molecule has 2 heterocycles. The minimum atomic E-state index is -0.126. The number of hydrogen-bond donors (Lipinski definition) is 2. The van der Waals surface area contributed by atoms with Crippen LogP contribution in [0.5, 0.6) is 0 Å². The summed E-state index contributed by atoms with van der Waals surface area (Å²) in [6.07, 6.45) is 2.56. The number of aromatic nitrogens is 2. The molecule has 1 amide bonds. The summed E-state index contributed by atoms with van der Waals surface area (Å²) in [7, 11) is 0. The number of fused-ring (bicyclic) bond motifs is 1. The maximum atomic E-state index is 12.5. The van der Waals surface area contributed by atoms with Crippen LogP contribution in [0.4, 0.5) is 0 Å². The summed E-state index contributed by atoms with van der Waals surface area (Å²) >= 11 is 0. The third-order valence-corrected chi connectivity index (χ3v) is 5.13. The van der Waals surface area contributed by atoms with Crippen LogP contribution in [0, 0.1) is 5.41 Å². The van der Waals surface area contributed by atoms with Gasteiger partial charge in [0, 0.05) is 32.0 Å². The van der Waals surface area contributed by atoms with Crippen molar-refractivity contribution >= 4 is 29.2 Å². The number of H-pyrrole nitrogens is 1. The molecule has 0 spiro atoms. The number of carbonyl (C=O) groups excluding carboxylic acids is 1. The van der Waals surface area contributed by atoms with Gasteiger partial charge in [-0.15, -0.1) is 12.4 Å². The molecule has 0 saturated carbocycles. The number of amides is 1. The molecular weight excluding hydrogens is 352 g/mol. The summed E-state index contributed by atoms with van der Waals surface area (Å²) in [6.45, 7) is 5.66. The maximum Gasteiger partial charge on any atom is 0.258 e. The van der Waals surface area contributed by atoms with Gasteiger partial charge in [0.1, 0.15) is 5.82 Å². The van der Waals surface area contributed by atoms with E-state index in [1.54, 1.807) is 6.07 Å². The van der Waals surface area contributed by atoms with Gasteiger partial charge in [-0.25, -0.2) is 4.98 Å². The first-order valence-electron chi connectivity index (χ1n) is 8.88. The number of aryl methyl sites for hydroxylation is 1. The van der Waals surface area contributed by atoms with Crippen molar-refractivity contribution in [2.24, 2.45) is 11.1 Å². The molecule has 1 unspecified atom stereocenters. The fourth-order valence-electron chi connectivity index (χ4n) is 3.41. The lowest BCUT2D eigenvalue weighted by Crippen LogP contribution is -2.53. The highest BCUT2D eigenvalue weighted by Gasteiger charge is 2.34. The van der Waals surface area contributed by atoms with Crippen molar-refractivity contribution in [2.45, 2.75) is 45.6 Å². The molecular formula is C19H27ClN4O2. The second-order valence-electron chi connectivity index (χ2n) is 7.58. The van der Waals surface area contributed by atoms with E-state index >= 15 is 0 Å². The van der Waals surface area contributed by atoms with Crippen LogP contribution >= 0.6 is 12.4 Å². The molecule has 7 heteroatoms. The van der Waals surface area contributed by atoms with Gasteiger partial charge in [0.15, 0.2) is 0 Å². The highest BCUT2D eigenvalue weighted by atomic mass is 35.5. The van der Waals surface area contributed by atoms with Crippen molar-refractivity contribution < 1.29 is 4.79 Å². The fourth-order valence-corrected chi connectivity index (χ4v) is 3.41. The van der Waals surface area contributed by atoms with Gasteiger partial charge in [-0.3, -0.25) is 9.59 Å². The second kappa shape index (κ2) is 8.18. The molecule has 2 aromatic rings. The Hall–Kier alpha value is -1.92. The molecule has 1 aliphatic heterocycles. The number of likely N-dealkylation sites (tertiary alicyclic amines) is 1. The number of rotatable bonds is 4. The monoisotopic (exact) mass is 378 g/mol. The van der Waals surface area contributed by atoms with Crippen LogP contribution in [-0.4, -0.2) is 39.9 Å². The number of halogens is 1. The Balaban J connectivity index is 0.00000243. The van der Waals surface area contributed by atoms with E-state index in [0.717, 1.165) is 13.0 Å². The zero-order valence-corrected chi connectivity index (χ0v) is 16.1. The number of hydrogen-bond acceptors (Lipinski definition) is 4. The molecule has 26 heavy (non-hydrogen) atoms. The Morgan fingerprint density at radius 3 is 2.85 bits per heavy atom. The quantitative estimate of drug-likeness (QED) is 0.853. The Labute approximate surface area is 159 Å². The third kappa shape index (κ3) is 4.43. The summed E-state index contributed by atoms with van der Waals surface area (Å²) in [5.41, 5.74) is 6.66. The molecule has 1 atom stereocenters. The molecule has 1 saturated heterocycles. The van der Waals surface area contributed by atoms with E-state index in [4.69, 9.17) is 5.73 Å². The van der Waals surface area contributed by atoms with Crippen molar-refractivity contribution in [1.29, 1.82) is 0 Å². The van der Waals surface area contributed by atoms with Crippen LogP contribution in [0.1, 0.15) is 38.9 Å². The van der Waals surface area contributed by atoms with E-state index in [2.05, 4.69) is 23.8 Å². The summed E-state index contributed by atoms with van der Waals surface area (Å²) < 4.78 is 0. The second-order valence-corrected chi connectivity index (χ2v) is 7.58. The standard InChI is InChI=1S/C19H26N4O2.ClH/c1-19(2)12-23(11-10-15(19)20)17(24)9-5-8-16-21-14-7-4-3-6-13(14)18(25)22-16;/h3-4,6-7,15H,5,8-12,20H2,1-2H3,(H,21,22,25);1H. The van der Waals surface area contributed by atoms with Gasteiger partial charge >= 0.3 is 0 Å². The van der Waals surface area contributed by atoms with E-state index in [1.807, 2.05) is 23.1 Å². The zero-order valence-electron chi connectivity index (χ0n) is 15.3. The largest absolute Gasteiger partial charge is 0.342 e. The molecule has 3 rings (SSSR count). The van der Waals surface area contributed by atoms with Crippen LogP contribution < -0.4 is 11.3 Å². The average Bonchev–Trinajstić information content (AvgIpc) is 2.57. The minimum Gasteiger partial charge on any atom is -0.342 e. The van der Waals surface area contributed by atoms with E-state index in [9.17, 15) is 9.59 Å². The Morgan fingerprint density at radius 1 is 1.38 bits per heavy atom. The maximum absolute atomic E-state index is 12.5. The Bertz CT molecular complexity index is 834. The van der Waals surface area contributed by atoms with Crippen LogP contribution in [0.25, 0.3) is 10.9 Å². The van der Waals surface area contributed by atoms with Crippen molar-refractivity contribution in [2.75, 3.05) is 13.1 Å². The molecule has 6 nitrogen and oxygen atoms in total. The van der Waals surface area contributed by atoms with Crippen molar-refractivity contribution in [3.63, 3.8) is 0 Å². The van der Waals surface area contributed by atoms with Crippen molar-refractivity contribution in [3.05, 3.63) is 40.4 Å². The minimum absolute atomic E-state index is 0. The highest BCUT2D eigenvalue weighted by molar-refractivity contribution is 5.85. The summed E-state index contributed by atoms with van der Waals surface area (Å²) in [5.74, 6) is 0.792. The van der Waals surface area contributed by atoms with E-state index in [1.165, 1.54) is 0 Å². The van der Waals surface area contributed by atoms with Gasteiger partial charge < -0.3 is 15.6 Å². The molecule has 1 aliphatic rings. The van der Waals surface area contributed by atoms with Gasteiger partial charge in [0.25, 0.3) is 5.56 Å². The van der Waals surface area contributed by atoms with E-state index < -0.39 is 0 Å². The predicted octanol–water partition coefficient (Wildman–Crippen LogP) is 2.25.